The Hall–Kier alpha value is -2.35. The minimum absolute atomic E-state index is 0.621. The number of tetrazole rings is 1. The summed E-state index contributed by atoms with van der Waals surface area (Å²) in [5.74, 6) is 0. The van der Waals surface area contributed by atoms with Gasteiger partial charge in [0.2, 0.25) is 0 Å². The second-order valence-corrected chi connectivity index (χ2v) is 4.13. The molecule has 0 unspecified atom stereocenters. The smallest absolute Gasteiger partial charge is 0.143 e. The molecule has 90 valence electrons. The van der Waals surface area contributed by atoms with E-state index in [-0.39, 0.29) is 0 Å². The summed E-state index contributed by atoms with van der Waals surface area (Å²) >= 11 is 1.34. The van der Waals surface area contributed by atoms with Crippen LogP contribution in [0, 0.1) is 0 Å². The minimum Gasteiger partial charge on any atom is -0.378 e. The van der Waals surface area contributed by atoms with E-state index >= 15 is 0 Å². The van der Waals surface area contributed by atoms with Crippen LogP contribution in [-0.2, 0) is 6.54 Å². The molecule has 18 heavy (non-hydrogen) atoms. The lowest BCUT2D eigenvalue weighted by Gasteiger charge is -2.09. The van der Waals surface area contributed by atoms with Gasteiger partial charge in [-0.25, -0.2) is 0 Å². The van der Waals surface area contributed by atoms with Crippen LogP contribution in [0.5, 0.6) is 0 Å². The summed E-state index contributed by atoms with van der Waals surface area (Å²) in [4.78, 5) is 0. The highest BCUT2D eigenvalue weighted by molar-refractivity contribution is 7.03. The first-order valence-corrected chi connectivity index (χ1v) is 6.09. The monoisotopic (exact) mass is 259 g/mol. The Labute approximate surface area is 107 Å². The van der Waals surface area contributed by atoms with E-state index in [4.69, 9.17) is 0 Å². The standard InChI is InChI=1S/C10H9N7S/c1-2-4-10(17-7-12-14-15-17)9(3-1)11-5-8-6-18-16-13-8/h1-4,6-7,11H,5H2. The summed E-state index contributed by atoms with van der Waals surface area (Å²) in [6.45, 7) is 0.621. The molecular weight excluding hydrogens is 250 g/mol. The molecule has 1 N–H and O–H groups in total. The molecule has 0 aliphatic rings. The lowest BCUT2D eigenvalue weighted by atomic mass is 10.2. The number of anilines is 1. The molecule has 0 atom stereocenters. The number of hydrogen-bond acceptors (Lipinski definition) is 7. The molecule has 0 spiro atoms. The lowest BCUT2D eigenvalue weighted by Crippen LogP contribution is -2.05. The molecule has 0 aliphatic heterocycles. The topological polar surface area (TPSA) is 81.4 Å². The Kier molecular flexibility index (Phi) is 2.92. The van der Waals surface area contributed by atoms with E-state index in [1.807, 2.05) is 29.6 Å². The number of benzene rings is 1. The maximum absolute atomic E-state index is 3.98. The van der Waals surface area contributed by atoms with Gasteiger partial charge >= 0.3 is 0 Å². The summed E-state index contributed by atoms with van der Waals surface area (Å²) in [7, 11) is 0. The van der Waals surface area contributed by atoms with Crippen molar-refractivity contribution < 1.29 is 0 Å². The highest BCUT2D eigenvalue weighted by Crippen LogP contribution is 2.18. The number of aromatic nitrogens is 6. The summed E-state index contributed by atoms with van der Waals surface area (Å²) in [6.07, 6.45) is 1.56. The zero-order valence-corrected chi connectivity index (χ0v) is 10.1. The normalized spacial score (nSPS) is 10.4. The zero-order chi connectivity index (χ0) is 12.2. The highest BCUT2D eigenvalue weighted by atomic mass is 32.1. The molecule has 3 aromatic rings. The first-order valence-electron chi connectivity index (χ1n) is 5.26. The van der Waals surface area contributed by atoms with Gasteiger partial charge in [0, 0.05) is 5.38 Å². The van der Waals surface area contributed by atoms with E-state index in [1.165, 1.54) is 11.5 Å². The van der Waals surface area contributed by atoms with E-state index < -0.39 is 0 Å². The van der Waals surface area contributed by atoms with Crippen molar-refractivity contribution >= 4 is 17.2 Å². The third kappa shape index (κ3) is 2.18. The van der Waals surface area contributed by atoms with Crippen LogP contribution < -0.4 is 5.32 Å². The average molecular weight is 259 g/mol. The Balaban J connectivity index is 1.84. The molecule has 0 aliphatic carbocycles. The molecule has 1 aromatic carbocycles. The third-order valence-corrected chi connectivity index (χ3v) is 2.92. The molecule has 2 aromatic heterocycles. The molecule has 2 heterocycles. The van der Waals surface area contributed by atoms with E-state index in [0.29, 0.717) is 6.54 Å². The van der Waals surface area contributed by atoms with E-state index in [9.17, 15) is 0 Å². The number of nitrogens with one attached hydrogen (secondary N) is 1. The quantitative estimate of drug-likeness (QED) is 0.756. The van der Waals surface area contributed by atoms with Crippen LogP contribution in [0.4, 0.5) is 5.69 Å². The van der Waals surface area contributed by atoms with Gasteiger partial charge in [0.25, 0.3) is 0 Å². The van der Waals surface area contributed by atoms with Crippen molar-refractivity contribution in [2.75, 3.05) is 5.32 Å². The van der Waals surface area contributed by atoms with Crippen molar-refractivity contribution in [2.24, 2.45) is 0 Å². The van der Waals surface area contributed by atoms with Gasteiger partial charge in [-0.1, -0.05) is 16.6 Å². The predicted molar refractivity (Wildman–Crippen MR) is 66.4 cm³/mol. The van der Waals surface area contributed by atoms with E-state index in [2.05, 4.69) is 30.4 Å². The fraction of sp³-hybridized carbons (Fsp3) is 0.100. The number of para-hydroxylation sites is 2. The van der Waals surface area contributed by atoms with Crippen LogP contribution in [0.15, 0.2) is 36.0 Å². The minimum atomic E-state index is 0.621. The molecule has 0 bridgehead atoms. The summed E-state index contributed by atoms with van der Waals surface area (Å²) in [6, 6.07) is 7.80. The van der Waals surface area contributed by atoms with Gasteiger partial charge in [0.1, 0.15) is 6.33 Å². The molecule has 0 saturated carbocycles. The average Bonchev–Trinajstić information content (AvgIpc) is 3.10. The molecule has 3 rings (SSSR count). The zero-order valence-electron chi connectivity index (χ0n) is 9.26. The summed E-state index contributed by atoms with van der Waals surface area (Å²) in [5, 5.41) is 20.3. The van der Waals surface area contributed by atoms with Crippen LogP contribution in [0.3, 0.4) is 0 Å². The van der Waals surface area contributed by atoms with E-state index in [0.717, 1.165) is 17.1 Å². The van der Waals surface area contributed by atoms with Gasteiger partial charge in [-0.3, -0.25) is 0 Å². The molecule has 0 amide bonds. The first kappa shape index (κ1) is 10.8. The Bertz CT molecular complexity index is 605. The van der Waals surface area contributed by atoms with Gasteiger partial charge in [-0.05, 0) is 34.1 Å². The van der Waals surface area contributed by atoms with Gasteiger partial charge < -0.3 is 5.32 Å². The number of nitrogens with zero attached hydrogens (tertiary/aromatic N) is 6. The lowest BCUT2D eigenvalue weighted by molar-refractivity contribution is 0.789. The van der Waals surface area contributed by atoms with Crippen molar-refractivity contribution in [1.29, 1.82) is 0 Å². The van der Waals surface area contributed by atoms with Gasteiger partial charge in [-0.2, -0.15) is 4.68 Å². The largest absolute Gasteiger partial charge is 0.378 e. The Morgan fingerprint density at radius 3 is 3.00 bits per heavy atom. The number of hydrogen-bond donors (Lipinski definition) is 1. The van der Waals surface area contributed by atoms with Crippen molar-refractivity contribution in [3.63, 3.8) is 0 Å². The van der Waals surface area contributed by atoms with Crippen molar-refractivity contribution in [3.05, 3.63) is 41.7 Å². The number of rotatable bonds is 4. The van der Waals surface area contributed by atoms with Crippen LogP contribution in [-0.4, -0.2) is 29.8 Å². The summed E-state index contributed by atoms with van der Waals surface area (Å²) < 4.78 is 5.43. The Morgan fingerprint density at radius 1 is 1.28 bits per heavy atom. The first-order chi connectivity index (χ1) is 8.93. The maximum atomic E-state index is 3.98. The fourth-order valence-electron chi connectivity index (χ4n) is 1.54. The van der Waals surface area contributed by atoms with Crippen LogP contribution in [0.1, 0.15) is 5.69 Å². The summed E-state index contributed by atoms with van der Waals surface area (Å²) in [5.41, 5.74) is 2.75. The molecule has 0 fully saturated rings. The van der Waals surface area contributed by atoms with Gasteiger partial charge in [-0.15, -0.1) is 10.2 Å². The second-order valence-electron chi connectivity index (χ2n) is 3.52. The van der Waals surface area contributed by atoms with Crippen molar-refractivity contribution in [3.8, 4) is 5.69 Å². The van der Waals surface area contributed by atoms with Crippen LogP contribution in [0.2, 0.25) is 0 Å². The van der Waals surface area contributed by atoms with Crippen LogP contribution in [0.25, 0.3) is 5.69 Å². The highest BCUT2D eigenvalue weighted by Gasteiger charge is 2.05. The Morgan fingerprint density at radius 2 is 2.22 bits per heavy atom. The second kappa shape index (κ2) is 4.88. The predicted octanol–water partition coefficient (Wildman–Crippen LogP) is 1.13. The van der Waals surface area contributed by atoms with E-state index in [1.54, 1.807) is 11.0 Å². The molecule has 8 heteroatoms. The van der Waals surface area contributed by atoms with Gasteiger partial charge in [0.15, 0.2) is 0 Å². The van der Waals surface area contributed by atoms with Crippen molar-refractivity contribution in [2.45, 2.75) is 6.54 Å². The molecular formula is C10H9N7S. The molecule has 0 saturated heterocycles. The van der Waals surface area contributed by atoms with Crippen LogP contribution >= 0.6 is 11.5 Å². The molecule has 0 radical (unpaired) electrons. The fourth-order valence-corrected chi connectivity index (χ4v) is 1.99. The molecule has 7 nitrogen and oxygen atoms in total. The third-order valence-electron chi connectivity index (χ3n) is 2.36. The SMILES string of the molecule is c1ccc(-n2cnnn2)c(NCc2csnn2)c1. The van der Waals surface area contributed by atoms with Gasteiger partial charge in [0.05, 0.1) is 23.6 Å². The maximum Gasteiger partial charge on any atom is 0.143 e. The van der Waals surface area contributed by atoms with Crippen molar-refractivity contribution in [1.82, 2.24) is 29.8 Å².